The summed E-state index contributed by atoms with van der Waals surface area (Å²) in [4.78, 5) is 24.3. The van der Waals surface area contributed by atoms with E-state index in [2.05, 4.69) is 46.4 Å². The van der Waals surface area contributed by atoms with E-state index in [1.807, 2.05) is 23.1 Å². The molecule has 1 atom stereocenters. The van der Waals surface area contributed by atoms with E-state index >= 15 is 0 Å². The van der Waals surface area contributed by atoms with E-state index in [1.165, 1.54) is 5.56 Å². The molecule has 2 aliphatic rings. The van der Waals surface area contributed by atoms with Gasteiger partial charge in [0.1, 0.15) is 5.76 Å². The number of piperazine rings is 1. The van der Waals surface area contributed by atoms with Crippen LogP contribution in [0, 0.1) is 0 Å². The van der Waals surface area contributed by atoms with Gasteiger partial charge in [0, 0.05) is 45.7 Å². The molecule has 1 aromatic heterocycles. The number of likely N-dealkylation sites (tertiary alicyclic amines) is 1. The summed E-state index contributed by atoms with van der Waals surface area (Å²) in [6.45, 7) is 5.64. The average molecular weight is 566 g/mol. The first-order valence-electron chi connectivity index (χ1n) is 11.8. The summed E-state index contributed by atoms with van der Waals surface area (Å²) in [5, 5.41) is 3.56. The van der Waals surface area contributed by atoms with Crippen LogP contribution in [0.3, 0.4) is 0 Å². The minimum atomic E-state index is 0. The van der Waals surface area contributed by atoms with Crippen LogP contribution >= 0.6 is 24.0 Å². The molecule has 33 heavy (non-hydrogen) atoms. The number of carbonyl (C=O) groups is 1. The van der Waals surface area contributed by atoms with Crippen molar-refractivity contribution in [1.82, 2.24) is 20.0 Å². The predicted molar refractivity (Wildman–Crippen MR) is 142 cm³/mol. The van der Waals surface area contributed by atoms with Crippen LogP contribution < -0.4 is 5.32 Å². The second-order valence-electron chi connectivity index (χ2n) is 8.65. The number of nitrogens with zero attached hydrogens (tertiary/aromatic N) is 4. The van der Waals surface area contributed by atoms with Gasteiger partial charge in [0.05, 0.1) is 12.3 Å². The predicted octanol–water partition coefficient (Wildman–Crippen LogP) is 2.87. The van der Waals surface area contributed by atoms with Gasteiger partial charge in [0.25, 0.3) is 0 Å². The molecule has 2 aromatic rings. The molecule has 1 unspecified atom stereocenters. The normalized spacial score (nSPS) is 19.4. The summed E-state index contributed by atoms with van der Waals surface area (Å²) in [6.07, 6.45) is 5.53. The van der Waals surface area contributed by atoms with Crippen molar-refractivity contribution in [2.45, 2.75) is 31.7 Å². The number of furan rings is 1. The minimum Gasteiger partial charge on any atom is -0.469 e. The number of nitrogens with one attached hydrogen (secondary N) is 1. The Balaban J connectivity index is 0.00000306. The van der Waals surface area contributed by atoms with Crippen LogP contribution in [0.4, 0.5) is 0 Å². The van der Waals surface area contributed by atoms with Crippen LogP contribution in [0.25, 0.3) is 0 Å². The standard InChI is InChI=1S/C25H35N5O2.HI/c1-28-15-5-10-23(28)24(31)29-16-18-30(19-17-29)25(27-14-12-22-9-6-20-32-22)26-13-11-21-7-3-2-4-8-21;/h2-4,6-9,20,23H,5,10-19H2,1H3,(H,26,27);1H. The molecule has 2 saturated heterocycles. The van der Waals surface area contributed by atoms with Crippen molar-refractivity contribution >= 4 is 35.8 Å². The Morgan fingerprint density at radius 1 is 1.03 bits per heavy atom. The van der Waals surface area contributed by atoms with Gasteiger partial charge in [-0.1, -0.05) is 30.3 Å². The number of hydrogen-bond acceptors (Lipinski definition) is 4. The van der Waals surface area contributed by atoms with Gasteiger partial charge in [0.2, 0.25) is 5.91 Å². The van der Waals surface area contributed by atoms with Gasteiger partial charge in [-0.15, -0.1) is 24.0 Å². The summed E-state index contributed by atoms with van der Waals surface area (Å²) >= 11 is 0. The second-order valence-corrected chi connectivity index (χ2v) is 8.65. The van der Waals surface area contributed by atoms with Crippen molar-refractivity contribution in [2.75, 3.05) is 52.9 Å². The lowest BCUT2D eigenvalue weighted by Gasteiger charge is -2.38. The third-order valence-electron chi connectivity index (χ3n) is 6.44. The summed E-state index contributed by atoms with van der Waals surface area (Å²) in [6, 6.07) is 14.5. The fourth-order valence-electron chi connectivity index (χ4n) is 4.53. The van der Waals surface area contributed by atoms with Crippen molar-refractivity contribution in [1.29, 1.82) is 0 Å². The third kappa shape index (κ3) is 7.20. The summed E-state index contributed by atoms with van der Waals surface area (Å²) in [7, 11) is 2.06. The molecule has 0 bridgehead atoms. The van der Waals surface area contributed by atoms with Gasteiger partial charge >= 0.3 is 0 Å². The van der Waals surface area contributed by atoms with Crippen LogP contribution in [-0.2, 0) is 17.6 Å². The number of amides is 1. The molecule has 7 nitrogen and oxygen atoms in total. The largest absolute Gasteiger partial charge is 0.469 e. The number of hydrogen-bond donors (Lipinski definition) is 1. The highest BCUT2D eigenvalue weighted by molar-refractivity contribution is 14.0. The molecule has 1 aromatic carbocycles. The summed E-state index contributed by atoms with van der Waals surface area (Å²) in [5.41, 5.74) is 1.31. The molecule has 4 rings (SSSR count). The number of aliphatic imine (C=N–C) groups is 1. The first kappa shape index (κ1) is 25.6. The Kier molecular flexibility index (Phi) is 10.1. The Morgan fingerprint density at radius 2 is 1.79 bits per heavy atom. The monoisotopic (exact) mass is 565 g/mol. The number of benzene rings is 1. The van der Waals surface area contributed by atoms with Gasteiger partial charge in [-0.3, -0.25) is 14.7 Å². The average Bonchev–Trinajstić information content (AvgIpc) is 3.50. The molecule has 0 radical (unpaired) electrons. The van der Waals surface area contributed by atoms with Gasteiger partial charge in [-0.25, -0.2) is 0 Å². The van der Waals surface area contributed by atoms with E-state index in [1.54, 1.807) is 6.26 Å². The van der Waals surface area contributed by atoms with Crippen molar-refractivity contribution in [3.05, 3.63) is 60.1 Å². The Morgan fingerprint density at radius 3 is 2.45 bits per heavy atom. The number of likely N-dealkylation sites (N-methyl/N-ethyl adjacent to an activating group) is 1. The van der Waals surface area contributed by atoms with E-state index in [0.717, 1.165) is 76.7 Å². The van der Waals surface area contributed by atoms with Crippen LogP contribution in [0.1, 0.15) is 24.2 Å². The van der Waals surface area contributed by atoms with Crippen molar-refractivity contribution in [3.8, 4) is 0 Å². The topological polar surface area (TPSA) is 64.3 Å². The number of rotatable bonds is 7. The number of halogens is 1. The van der Waals surface area contributed by atoms with E-state index < -0.39 is 0 Å². The zero-order valence-corrected chi connectivity index (χ0v) is 21.8. The van der Waals surface area contributed by atoms with Crippen LogP contribution in [0.2, 0.25) is 0 Å². The van der Waals surface area contributed by atoms with Gasteiger partial charge in [0.15, 0.2) is 5.96 Å². The van der Waals surface area contributed by atoms with E-state index in [9.17, 15) is 4.79 Å². The highest BCUT2D eigenvalue weighted by Gasteiger charge is 2.33. The van der Waals surface area contributed by atoms with Crippen molar-refractivity contribution in [2.24, 2.45) is 4.99 Å². The molecule has 1 N–H and O–H groups in total. The maximum Gasteiger partial charge on any atom is 0.240 e. The molecular weight excluding hydrogens is 529 g/mol. The second kappa shape index (κ2) is 13.0. The maximum absolute atomic E-state index is 12.9. The molecule has 1 amide bonds. The third-order valence-corrected chi connectivity index (χ3v) is 6.44. The molecule has 2 fully saturated rings. The van der Waals surface area contributed by atoms with E-state index in [0.29, 0.717) is 6.54 Å². The molecular formula is C25H36IN5O2. The molecule has 0 spiro atoms. The van der Waals surface area contributed by atoms with Crippen molar-refractivity contribution in [3.63, 3.8) is 0 Å². The van der Waals surface area contributed by atoms with Crippen LogP contribution in [0.5, 0.6) is 0 Å². The summed E-state index contributed by atoms with van der Waals surface area (Å²) < 4.78 is 5.45. The van der Waals surface area contributed by atoms with Crippen LogP contribution in [0.15, 0.2) is 58.1 Å². The summed E-state index contributed by atoms with van der Waals surface area (Å²) in [5.74, 6) is 2.17. The van der Waals surface area contributed by atoms with Crippen LogP contribution in [-0.4, -0.2) is 85.5 Å². The fourth-order valence-corrected chi connectivity index (χ4v) is 4.53. The number of carbonyl (C=O) groups excluding carboxylic acids is 1. The lowest BCUT2D eigenvalue weighted by Crippen LogP contribution is -2.56. The molecule has 2 aliphatic heterocycles. The smallest absolute Gasteiger partial charge is 0.240 e. The fraction of sp³-hybridized carbons (Fsp3) is 0.520. The zero-order chi connectivity index (χ0) is 22.2. The highest BCUT2D eigenvalue weighted by atomic mass is 127. The Hall–Kier alpha value is -2.07. The first-order chi connectivity index (χ1) is 15.7. The zero-order valence-electron chi connectivity index (χ0n) is 19.5. The lowest BCUT2D eigenvalue weighted by molar-refractivity contribution is -0.136. The van der Waals surface area contributed by atoms with Gasteiger partial charge < -0.3 is 19.5 Å². The van der Waals surface area contributed by atoms with E-state index in [-0.39, 0.29) is 35.9 Å². The maximum atomic E-state index is 12.9. The molecule has 0 aliphatic carbocycles. The lowest BCUT2D eigenvalue weighted by atomic mass is 10.1. The van der Waals surface area contributed by atoms with Crippen molar-refractivity contribution < 1.29 is 9.21 Å². The molecule has 8 heteroatoms. The van der Waals surface area contributed by atoms with Gasteiger partial charge in [-0.2, -0.15) is 0 Å². The molecule has 0 saturated carbocycles. The van der Waals surface area contributed by atoms with E-state index in [4.69, 9.17) is 9.41 Å². The Bertz CT molecular complexity index is 866. The minimum absolute atomic E-state index is 0. The SMILES string of the molecule is CN1CCCC1C(=O)N1CCN(C(=NCCc2ccco2)NCCc2ccccc2)CC1.I. The van der Waals surface area contributed by atoms with Gasteiger partial charge in [-0.05, 0) is 50.6 Å². The quantitative estimate of drug-likeness (QED) is 0.318. The first-order valence-corrected chi connectivity index (χ1v) is 11.8. The highest BCUT2D eigenvalue weighted by Crippen LogP contribution is 2.18. The molecule has 3 heterocycles. The Labute approximate surface area is 214 Å². The molecule has 180 valence electrons. The number of guanidine groups is 1.